The van der Waals surface area contributed by atoms with Gasteiger partial charge in [0.1, 0.15) is 0 Å². The van der Waals surface area contributed by atoms with Gasteiger partial charge < -0.3 is 10.6 Å². The normalized spacial score (nSPS) is 10.7. The lowest BCUT2D eigenvalue weighted by Gasteiger charge is -2.07. The molecule has 2 aromatic carbocycles. The first-order chi connectivity index (χ1) is 11.9. The van der Waals surface area contributed by atoms with Crippen LogP contribution in [0.5, 0.6) is 0 Å². The maximum Gasteiger partial charge on any atom is 0.230 e. The quantitative estimate of drug-likeness (QED) is 0.599. The van der Waals surface area contributed by atoms with Gasteiger partial charge in [0.15, 0.2) is 10.2 Å². The number of halogens is 2. The molecule has 3 aromatic rings. The molecule has 0 fully saturated rings. The van der Waals surface area contributed by atoms with E-state index in [2.05, 4.69) is 15.6 Å². The lowest BCUT2D eigenvalue weighted by atomic mass is 10.1. The van der Waals surface area contributed by atoms with Crippen molar-refractivity contribution in [1.29, 1.82) is 0 Å². The minimum absolute atomic E-state index is 0.208. The van der Waals surface area contributed by atoms with Crippen molar-refractivity contribution in [2.24, 2.45) is 0 Å². The van der Waals surface area contributed by atoms with Crippen molar-refractivity contribution < 1.29 is 4.79 Å². The molecule has 1 amide bonds. The highest BCUT2D eigenvalue weighted by Gasteiger charge is 2.10. The lowest BCUT2D eigenvalue weighted by molar-refractivity contribution is -0.119. The average molecular weight is 410 g/mol. The number of aromatic nitrogens is 1. The third-order valence-electron chi connectivity index (χ3n) is 3.42. The van der Waals surface area contributed by atoms with Crippen LogP contribution < -0.4 is 10.6 Å². The lowest BCUT2D eigenvalue weighted by Crippen LogP contribution is -2.35. The Morgan fingerprint density at radius 2 is 1.96 bits per heavy atom. The molecule has 3 rings (SSSR count). The summed E-state index contributed by atoms with van der Waals surface area (Å²) in [6.45, 7) is 1.94. The van der Waals surface area contributed by atoms with Gasteiger partial charge in [0.05, 0.1) is 16.6 Å². The summed E-state index contributed by atoms with van der Waals surface area (Å²) in [5, 5.41) is 7.70. The Balaban J connectivity index is 1.62. The zero-order chi connectivity index (χ0) is 18.0. The Morgan fingerprint density at radius 1 is 1.24 bits per heavy atom. The van der Waals surface area contributed by atoms with Gasteiger partial charge in [0, 0.05) is 10.0 Å². The number of carbonyl (C=O) groups excluding carboxylic acids is 1. The molecule has 0 atom stereocenters. The van der Waals surface area contributed by atoms with Crippen LogP contribution in [0.25, 0.3) is 10.2 Å². The summed E-state index contributed by atoms with van der Waals surface area (Å²) < 4.78 is 1.000. The molecule has 0 radical (unpaired) electrons. The largest absolute Gasteiger partial charge is 0.308 e. The van der Waals surface area contributed by atoms with E-state index >= 15 is 0 Å². The van der Waals surface area contributed by atoms with Crippen LogP contribution in [-0.2, 0) is 11.2 Å². The second kappa shape index (κ2) is 7.66. The van der Waals surface area contributed by atoms with Gasteiger partial charge in [-0.1, -0.05) is 46.7 Å². The maximum absolute atomic E-state index is 12.1. The highest BCUT2D eigenvalue weighted by Crippen LogP contribution is 2.30. The van der Waals surface area contributed by atoms with Gasteiger partial charge in [-0.3, -0.25) is 4.79 Å². The Bertz CT molecular complexity index is 915. The molecule has 1 aromatic heterocycles. The first kappa shape index (κ1) is 18.1. The molecular weight excluding hydrogens is 397 g/mol. The topological polar surface area (TPSA) is 54.0 Å². The molecule has 0 unspecified atom stereocenters. The van der Waals surface area contributed by atoms with Crippen LogP contribution >= 0.6 is 46.8 Å². The van der Waals surface area contributed by atoms with Gasteiger partial charge in [-0.2, -0.15) is 0 Å². The number of nitrogens with one attached hydrogen (secondary N) is 2. The van der Waals surface area contributed by atoms with E-state index in [0.717, 1.165) is 21.3 Å². The Labute approximate surface area is 164 Å². The van der Waals surface area contributed by atoms with E-state index in [1.165, 1.54) is 11.3 Å². The molecular formula is C17H13Cl2N3OS2. The molecule has 0 spiro atoms. The van der Waals surface area contributed by atoms with Crippen LogP contribution in [0.1, 0.15) is 11.1 Å². The number of hydrogen-bond donors (Lipinski definition) is 2. The van der Waals surface area contributed by atoms with Crippen molar-refractivity contribution in [1.82, 2.24) is 10.3 Å². The summed E-state index contributed by atoms with van der Waals surface area (Å²) in [5.41, 5.74) is 2.64. The standard InChI is InChI=1S/C17H13Cl2N3OS2/c1-9-6-14-13(8-12(9)19)20-17(25-14)22-16(24)21-15(23)7-10-2-4-11(18)5-3-10/h2-6,8H,7H2,1H3,(H2,20,21,22,23,24). The Morgan fingerprint density at radius 3 is 2.68 bits per heavy atom. The molecule has 128 valence electrons. The summed E-state index contributed by atoms with van der Waals surface area (Å²) in [6.07, 6.45) is 0.216. The molecule has 0 aliphatic carbocycles. The van der Waals surface area contributed by atoms with E-state index in [9.17, 15) is 4.79 Å². The molecule has 1 heterocycles. The zero-order valence-corrected chi connectivity index (χ0v) is 16.2. The van der Waals surface area contributed by atoms with Crippen molar-refractivity contribution in [3.63, 3.8) is 0 Å². The smallest absolute Gasteiger partial charge is 0.230 e. The molecule has 8 heteroatoms. The van der Waals surface area contributed by atoms with Crippen LogP contribution in [0.15, 0.2) is 36.4 Å². The van der Waals surface area contributed by atoms with Crippen LogP contribution in [0.3, 0.4) is 0 Å². The number of hydrogen-bond acceptors (Lipinski definition) is 4. The minimum atomic E-state index is -0.208. The van der Waals surface area contributed by atoms with Crippen LogP contribution in [0.4, 0.5) is 5.13 Å². The van der Waals surface area contributed by atoms with Gasteiger partial charge in [0.25, 0.3) is 0 Å². The summed E-state index contributed by atoms with van der Waals surface area (Å²) in [4.78, 5) is 16.5. The average Bonchev–Trinajstić information content (AvgIpc) is 2.90. The number of rotatable bonds is 3. The van der Waals surface area contributed by atoms with Crippen molar-refractivity contribution in [2.45, 2.75) is 13.3 Å². The van der Waals surface area contributed by atoms with Gasteiger partial charge >= 0.3 is 0 Å². The first-order valence-corrected chi connectivity index (χ1v) is 9.31. The van der Waals surface area contributed by atoms with E-state index in [4.69, 9.17) is 35.4 Å². The highest BCUT2D eigenvalue weighted by atomic mass is 35.5. The van der Waals surface area contributed by atoms with E-state index in [1.54, 1.807) is 24.3 Å². The number of benzene rings is 2. The number of nitrogens with zero attached hydrogens (tertiary/aromatic N) is 1. The summed E-state index contributed by atoms with van der Waals surface area (Å²) >= 11 is 18.6. The molecule has 0 aliphatic rings. The highest BCUT2D eigenvalue weighted by molar-refractivity contribution is 7.80. The van der Waals surface area contributed by atoms with E-state index in [0.29, 0.717) is 15.2 Å². The van der Waals surface area contributed by atoms with E-state index in [-0.39, 0.29) is 17.4 Å². The van der Waals surface area contributed by atoms with Crippen LogP contribution in [-0.4, -0.2) is 16.0 Å². The Hall–Kier alpha value is -1.73. The first-order valence-electron chi connectivity index (χ1n) is 7.32. The molecule has 0 saturated heterocycles. The van der Waals surface area contributed by atoms with Crippen molar-refractivity contribution in [2.75, 3.05) is 5.32 Å². The molecule has 2 N–H and O–H groups in total. The second-order valence-electron chi connectivity index (χ2n) is 5.39. The predicted molar refractivity (Wildman–Crippen MR) is 109 cm³/mol. The molecule has 25 heavy (non-hydrogen) atoms. The fraction of sp³-hybridized carbons (Fsp3) is 0.118. The Kier molecular flexibility index (Phi) is 5.54. The number of carbonyl (C=O) groups is 1. The van der Waals surface area contributed by atoms with Gasteiger partial charge in [-0.25, -0.2) is 4.98 Å². The van der Waals surface area contributed by atoms with Crippen LogP contribution in [0, 0.1) is 6.92 Å². The summed E-state index contributed by atoms with van der Waals surface area (Å²) in [7, 11) is 0. The number of anilines is 1. The minimum Gasteiger partial charge on any atom is -0.308 e. The van der Waals surface area contributed by atoms with Gasteiger partial charge in [-0.05, 0) is 54.5 Å². The summed E-state index contributed by atoms with van der Waals surface area (Å²) in [5.74, 6) is -0.208. The number of fused-ring (bicyclic) bond motifs is 1. The third-order valence-corrected chi connectivity index (χ3v) is 5.22. The number of thiazole rings is 1. The second-order valence-corrected chi connectivity index (χ2v) is 7.68. The fourth-order valence-corrected chi connectivity index (χ4v) is 3.70. The monoisotopic (exact) mass is 409 g/mol. The van der Waals surface area contributed by atoms with E-state index < -0.39 is 0 Å². The number of amides is 1. The van der Waals surface area contributed by atoms with Crippen molar-refractivity contribution >= 4 is 73.1 Å². The molecule has 0 saturated carbocycles. The third kappa shape index (κ3) is 4.67. The van der Waals surface area contributed by atoms with Gasteiger partial charge in [0.2, 0.25) is 5.91 Å². The number of thiocarbonyl (C=S) groups is 1. The van der Waals surface area contributed by atoms with Crippen LogP contribution in [0.2, 0.25) is 10.0 Å². The predicted octanol–water partition coefficient (Wildman–Crippen LogP) is 4.97. The van der Waals surface area contributed by atoms with Gasteiger partial charge in [-0.15, -0.1) is 0 Å². The summed E-state index contributed by atoms with van der Waals surface area (Å²) in [6, 6.07) is 10.9. The van der Waals surface area contributed by atoms with Crippen molar-refractivity contribution in [3.05, 3.63) is 57.6 Å². The molecule has 0 bridgehead atoms. The number of aryl methyl sites for hydroxylation is 1. The molecule has 0 aliphatic heterocycles. The van der Waals surface area contributed by atoms with E-state index in [1.807, 2.05) is 19.1 Å². The van der Waals surface area contributed by atoms with Crippen molar-refractivity contribution in [3.8, 4) is 0 Å². The fourth-order valence-electron chi connectivity index (χ4n) is 2.19. The maximum atomic E-state index is 12.1. The SMILES string of the molecule is Cc1cc2sc(NC(=S)NC(=O)Cc3ccc(Cl)cc3)nc2cc1Cl. The zero-order valence-electron chi connectivity index (χ0n) is 13.1. The molecule has 4 nitrogen and oxygen atoms in total.